The van der Waals surface area contributed by atoms with Gasteiger partial charge in [-0.25, -0.2) is 0 Å². The molecule has 0 atom stereocenters. The molecule has 0 aromatic heterocycles. The van der Waals surface area contributed by atoms with E-state index in [1.165, 1.54) is 6.92 Å². The minimum Gasteiger partial charge on any atom is -0.319 e. The van der Waals surface area contributed by atoms with Crippen molar-refractivity contribution in [1.29, 1.82) is 0 Å². The van der Waals surface area contributed by atoms with Crippen LogP contribution < -0.4 is 0 Å². The number of hydrogen-bond acceptors (Lipinski definition) is 2. The minimum atomic E-state index is -0.0914. The first kappa shape index (κ1) is 7.98. The highest BCUT2D eigenvalue weighted by Crippen LogP contribution is 2.05. The van der Waals surface area contributed by atoms with E-state index in [0.717, 1.165) is 13.0 Å². The van der Waals surface area contributed by atoms with Crippen molar-refractivity contribution >= 4 is 11.7 Å². The molecule has 3 heteroatoms. The number of carbonyl (C=O) groups excluding carboxylic acids is 2. The van der Waals surface area contributed by atoms with Crippen molar-refractivity contribution < 1.29 is 9.59 Å². The van der Waals surface area contributed by atoms with Crippen LogP contribution in [0, 0.1) is 0 Å². The molecule has 0 aliphatic carbocycles. The quantitative estimate of drug-likeness (QED) is 0.548. The van der Waals surface area contributed by atoms with Gasteiger partial charge in [-0.2, -0.15) is 0 Å². The van der Waals surface area contributed by atoms with E-state index in [0.29, 0.717) is 0 Å². The molecule has 0 bridgehead atoms. The molecule has 0 aromatic carbocycles. The van der Waals surface area contributed by atoms with Gasteiger partial charge in [0.1, 0.15) is 5.78 Å². The zero-order chi connectivity index (χ0) is 8.27. The molecular formula is C8H11NO2. The highest BCUT2D eigenvalue weighted by Gasteiger charge is 2.14. The van der Waals surface area contributed by atoms with E-state index in [2.05, 4.69) is 0 Å². The van der Waals surface area contributed by atoms with Crippen molar-refractivity contribution in [3.63, 3.8) is 0 Å². The molecule has 0 unspecified atom stereocenters. The predicted octanol–water partition coefficient (Wildman–Crippen LogP) is 0.712. The molecule has 0 spiro atoms. The summed E-state index contributed by atoms with van der Waals surface area (Å²) < 4.78 is 0. The average molecular weight is 153 g/mol. The van der Waals surface area contributed by atoms with Gasteiger partial charge in [-0.05, 0) is 13.3 Å². The monoisotopic (exact) mass is 153 g/mol. The zero-order valence-corrected chi connectivity index (χ0v) is 6.54. The van der Waals surface area contributed by atoms with E-state index < -0.39 is 0 Å². The number of amides is 1. The Morgan fingerprint density at radius 3 is 2.73 bits per heavy atom. The van der Waals surface area contributed by atoms with Crippen molar-refractivity contribution in [3.05, 3.63) is 12.3 Å². The van der Waals surface area contributed by atoms with Crippen LogP contribution in [0.3, 0.4) is 0 Å². The van der Waals surface area contributed by atoms with Crippen molar-refractivity contribution in [3.8, 4) is 0 Å². The molecule has 0 N–H and O–H groups in total. The van der Waals surface area contributed by atoms with Gasteiger partial charge in [-0.15, -0.1) is 0 Å². The van der Waals surface area contributed by atoms with Crippen LogP contribution >= 0.6 is 0 Å². The van der Waals surface area contributed by atoms with Crippen molar-refractivity contribution in [2.75, 3.05) is 6.54 Å². The molecule has 1 aliphatic heterocycles. The minimum absolute atomic E-state index is 0.0321. The van der Waals surface area contributed by atoms with Gasteiger partial charge in [-0.3, -0.25) is 9.59 Å². The Kier molecular flexibility index (Phi) is 2.41. The molecular weight excluding hydrogens is 142 g/mol. The van der Waals surface area contributed by atoms with Crippen LogP contribution in [0.15, 0.2) is 12.3 Å². The van der Waals surface area contributed by atoms with E-state index in [1.54, 1.807) is 11.1 Å². The standard InChI is InChI=1S/C8H11NO2/c1-7(10)6-8(11)9-4-2-3-5-9/h2,4H,3,5-6H2,1H3. The molecule has 0 saturated heterocycles. The van der Waals surface area contributed by atoms with Gasteiger partial charge in [0.05, 0.1) is 6.42 Å². The maximum atomic E-state index is 11.1. The second kappa shape index (κ2) is 3.32. The molecule has 1 rings (SSSR count). The maximum absolute atomic E-state index is 11.1. The van der Waals surface area contributed by atoms with Crippen LogP contribution in [0.5, 0.6) is 0 Å². The fraction of sp³-hybridized carbons (Fsp3) is 0.500. The highest BCUT2D eigenvalue weighted by molar-refractivity contribution is 5.97. The summed E-state index contributed by atoms with van der Waals surface area (Å²) in [5.41, 5.74) is 0. The summed E-state index contributed by atoms with van der Waals surface area (Å²) in [5, 5.41) is 0. The van der Waals surface area contributed by atoms with Crippen LogP contribution in [0.25, 0.3) is 0 Å². The fourth-order valence-corrected chi connectivity index (χ4v) is 1.01. The lowest BCUT2D eigenvalue weighted by atomic mass is 10.3. The Hall–Kier alpha value is -1.12. The van der Waals surface area contributed by atoms with E-state index in [-0.39, 0.29) is 18.1 Å². The topological polar surface area (TPSA) is 37.4 Å². The molecule has 1 aliphatic rings. The molecule has 11 heavy (non-hydrogen) atoms. The second-order valence-electron chi connectivity index (χ2n) is 2.64. The maximum Gasteiger partial charge on any atom is 0.233 e. The third-order valence-electron chi connectivity index (χ3n) is 1.54. The van der Waals surface area contributed by atoms with Crippen LogP contribution in [0.4, 0.5) is 0 Å². The van der Waals surface area contributed by atoms with E-state index in [1.807, 2.05) is 6.08 Å². The highest BCUT2D eigenvalue weighted by atomic mass is 16.2. The average Bonchev–Trinajstić information content (AvgIpc) is 2.35. The zero-order valence-electron chi connectivity index (χ0n) is 6.54. The predicted molar refractivity (Wildman–Crippen MR) is 40.8 cm³/mol. The van der Waals surface area contributed by atoms with E-state index >= 15 is 0 Å². The summed E-state index contributed by atoms with van der Waals surface area (Å²) in [5.74, 6) is -0.165. The Morgan fingerprint density at radius 2 is 2.27 bits per heavy atom. The summed E-state index contributed by atoms with van der Waals surface area (Å²) in [6.45, 7) is 2.16. The van der Waals surface area contributed by atoms with Gasteiger partial charge in [0.25, 0.3) is 0 Å². The lowest BCUT2D eigenvalue weighted by Gasteiger charge is -2.11. The molecule has 0 saturated carbocycles. The first-order chi connectivity index (χ1) is 5.20. The summed E-state index contributed by atoms with van der Waals surface area (Å²) in [4.78, 5) is 23.2. The molecule has 0 fully saturated rings. The molecule has 0 radical (unpaired) electrons. The number of Topliss-reactive ketones (excluding diaryl/α,β-unsaturated/α-hetero) is 1. The largest absolute Gasteiger partial charge is 0.319 e. The smallest absolute Gasteiger partial charge is 0.233 e. The summed E-state index contributed by atoms with van der Waals surface area (Å²) in [7, 11) is 0. The van der Waals surface area contributed by atoms with Gasteiger partial charge in [0.15, 0.2) is 0 Å². The lowest BCUT2D eigenvalue weighted by molar-refractivity contribution is -0.132. The SMILES string of the molecule is CC(=O)CC(=O)N1C=CCC1. The number of hydrogen-bond donors (Lipinski definition) is 0. The van der Waals surface area contributed by atoms with Crippen LogP contribution in [-0.2, 0) is 9.59 Å². The molecule has 60 valence electrons. The number of nitrogens with zero attached hydrogens (tertiary/aromatic N) is 1. The van der Waals surface area contributed by atoms with Crippen molar-refractivity contribution in [2.45, 2.75) is 19.8 Å². The normalized spacial score (nSPS) is 15.5. The Balaban J connectivity index is 2.41. The van der Waals surface area contributed by atoms with Gasteiger partial charge in [0.2, 0.25) is 5.91 Å². The summed E-state index contributed by atoms with van der Waals surface area (Å²) in [6, 6.07) is 0. The third-order valence-corrected chi connectivity index (χ3v) is 1.54. The Bertz CT molecular complexity index is 208. The second-order valence-corrected chi connectivity index (χ2v) is 2.64. The number of ketones is 1. The van der Waals surface area contributed by atoms with Gasteiger partial charge in [-0.1, -0.05) is 6.08 Å². The summed E-state index contributed by atoms with van der Waals surface area (Å²) in [6.07, 6.45) is 4.61. The number of carbonyl (C=O) groups is 2. The van der Waals surface area contributed by atoms with E-state index in [4.69, 9.17) is 0 Å². The van der Waals surface area contributed by atoms with Gasteiger partial charge < -0.3 is 4.90 Å². The number of rotatable bonds is 2. The van der Waals surface area contributed by atoms with Crippen molar-refractivity contribution in [1.82, 2.24) is 4.90 Å². The van der Waals surface area contributed by atoms with Crippen LogP contribution in [-0.4, -0.2) is 23.1 Å². The molecule has 1 amide bonds. The van der Waals surface area contributed by atoms with Crippen LogP contribution in [0.1, 0.15) is 19.8 Å². The first-order valence-electron chi connectivity index (χ1n) is 3.65. The first-order valence-corrected chi connectivity index (χ1v) is 3.65. The molecule has 3 nitrogen and oxygen atoms in total. The lowest BCUT2D eigenvalue weighted by Crippen LogP contribution is -2.25. The van der Waals surface area contributed by atoms with Gasteiger partial charge in [0, 0.05) is 12.7 Å². The Labute approximate surface area is 65.7 Å². The van der Waals surface area contributed by atoms with Crippen LogP contribution in [0.2, 0.25) is 0 Å². The fourth-order valence-electron chi connectivity index (χ4n) is 1.01. The summed E-state index contributed by atoms with van der Waals surface area (Å²) >= 11 is 0. The third kappa shape index (κ3) is 2.18. The molecule has 0 aromatic rings. The van der Waals surface area contributed by atoms with Crippen molar-refractivity contribution in [2.24, 2.45) is 0 Å². The van der Waals surface area contributed by atoms with Gasteiger partial charge >= 0.3 is 0 Å². The van der Waals surface area contributed by atoms with E-state index in [9.17, 15) is 9.59 Å². The molecule has 1 heterocycles. The Morgan fingerprint density at radius 1 is 1.55 bits per heavy atom.